The van der Waals surface area contributed by atoms with E-state index in [0.29, 0.717) is 0 Å². The molecule has 0 unspecified atom stereocenters. The monoisotopic (exact) mass is 837 g/mol. The summed E-state index contributed by atoms with van der Waals surface area (Å²) in [6.45, 7) is 0. The average molecular weight is 838 g/mol. The van der Waals surface area contributed by atoms with Gasteiger partial charge in [0.2, 0.25) is 0 Å². The third-order valence-corrected chi connectivity index (χ3v) is 14.0. The highest BCUT2D eigenvalue weighted by molar-refractivity contribution is 6.36. The van der Waals surface area contributed by atoms with E-state index < -0.39 is 0 Å². The van der Waals surface area contributed by atoms with E-state index in [4.69, 9.17) is 4.74 Å². The molecule has 13 aromatic carbocycles. The second kappa shape index (κ2) is 14.4. The molecule has 2 heteroatoms. The van der Waals surface area contributed by atoms with E-state index >= 15 is 0 Å². The van der Waals surface area contributed by atoms with Gasteiger partial charge >= 0.3 is 0 Å². The Morgan fingerprint density at radius 1 is 0.258 bits per heavy atom. The molecule has 0 aromatic heterocycles. The van der Waals surface area contributed by atoms with Gasteiger partial charge in [0.1, 0.15) is 5.75 Å². The zero-order valence-electron chi connectivity index (χ0n) is 35.9. The molecule has 0 radical (unpaired) electrons. The summed E-state index contributed by atoms with van der Waals surface area (Å²) >= 11 is 0. The van der Waals surface area contributed by atoms with E-state index in [2.05, 4.69) is 241 Å². The molecule has 0 atom stereocenters. The number of para-hydroxylation sites is 3. The van der Waals surface area contributed by atoms with Crippen LogP contribution in [0.2, 0.25) is 0 Å². The molecule has 0 aliphatic carbocycles. The van der Waals surface area contributed by atoms with Crippen molar-refractivity contribution >= 4 is 103 Å². The van der Waals surface area contributed by atoms with Crippen LogP contribution in [0, 0.1) is 0 Å². The summed E-state index contributed by atoms with van der Waals surface area (Å²) in [5, 5.41) is 19.7. The maximum absolute atomic E-state index is 7.15. The lowest BCUT2D eigenvalue weighted by molar-refractivity contribution is 0.489. The normalized spacial score (nSPS) is 12.1. The molecule has 1 aliphatic heterocycles. The first kappa shape index (κ1) is 36.7. The van der Waals surface area contributed by atoms with Crippen molar-refractivity contribution in [3.05, 3.63) is 237 Å². The summed E-state index contributed by atoms with van der Waals surface area (Å²) in [4.78, 5) is 2.38. The van der Waals surface area contributed by atoms with Crippen LogP contribution in [0.5, 0.6) is 11.5 Å². The first-order chi connectivity index (χ1) is 32.8. The van der Waals surface area contributed by atoms with Crippen molar-refractivity contribution in [1.82, 2.24) is 0 Å². The van der Waals surface area contributed by atoms with Gasteiger partial charge in [0.25, 0.3) is 0 Å². The van der Waals surface area contributed by atoms with E-state index in [1.807, 2.05) is 0 Å². The molecule has 13 aromatic rings. The van der Waals surface area contributed by atoms with E-state index in [1.165, 1.54) is 80.8 Å². The Morgan fingerprint density at radius 2 is 0.773 bits per heavy atom. The maximum Gasteiger partial charge on any atom is 0.159 e. The largest absolute Gasteiger partial charge is 0.454 e. The van der Waals surface area contributed by atoms with Crippen LogP contribution in [0.25, 0.3) is 108 Å². The molecule has 66 heavy (non-hydrogen) atoms. The van der Waals surface area contributed by atoms with E-state index in [9.17, 15) is 0 Å². The van der Waals surface area contributed by atoms with Gasteiger partial charge in [0.05, 0.1) is 5.69 Å². The zero-order valence-corrected chi connectivity index (χ0v) is 35.9. The Hall–Kier alpha value is -8.72. The van der Waals surface area contributed by atoms with Crippen LogP contribution in [0.15, 0.2) is 237 Å². The van der Waals surface area contributed by atoms with Crippen molar-refractivity contribution in [2.45, 2.75) is 0 Å². The molecule has 0 saturated carbocycles. The molecule has 0 saturated heterocycles. The summed E-state index contributed by atoms with van der Waals surface area (Å²) in [5.41, 5.74) is 7.47. The minimum Gasteiger partial charge on any atom is -0.454 e. The number of hydrogen-bond donors (Lipinski definition) is 0. The van der Waals surface area contributed by atoms with Gasteiger partial charge in [-0.15, -0.1) is 0 Å². The third kappa shape index (κ3) is 5.42. The molecule has 0 spiro atoms. The van der Waals surface area contributed by atoms with Gasteiger partial charge in [-0.25, -0.2) is 0 Å². The van der Waals surface area contributed by atoms with Crippen LogP contribution >= 0.6 is 0 Å². The lowest BCUT2D eigenvalue weighted by Gasteiger charge is -2.28. The average Bonchev–Trinajstić information content (AvgIpc) is 3.53. The fourth-order valence-corrected chi connectivity index (χ4v) is 11.1. The fourth-order valence-electron chi connectivity index (χ4n) is 11.1. The lowest BCUT2D eigenvalue weighted by atomic mass is 9.88. The van der Waals surface area contributed by atoms with Crippen molar-refractivity contribution in [3.8, 4) is 33.8 Å². The van der Waals surface area contributed by atoms with Crippen molar-refractivity contribution in [3.63, 3.8) is 0 Å². The highest BCUT2D eigenvalue weighted by Crippen LogP contribution is 2.53. The van der Waals surface area contributed by atoms with Gasteiger partial charge in [-0.1, -0.05) is 194 Å². The maximum atomic E-state index is 7.15. The second-order valence-electron chi connectivity index (χ2n) is 17.5. The third-order valence-electron chi connectivity index (χ3n) is 14.0. The van der Waals surface area contributed by atoms with Gasteiger partial charge in [-0.3, -0.25) is 0 Å². The summed E-state index contributed by atoms with van der Waals surface area (Å²) < 4.78 is 7.15. The molecule has 0 N–H and O–H groups in total. The first-order valence-corrected chi connectivity index (χ1v) is 22.8. The predicted octanol–water partition coefficient (Wildman–Crippen LogP) is 18.4. The molecule has 0 amide bonds. The molecular weight excluding hydrogens is 799 g/mol. The number of nitrogens with zero attached hydrogens (tertiary/aromatic N) is 1. The fraction of sp³-hybridized carbons (Fsp3) is 0. The van der Waals surface area contributed by atoms with Crippen LogP contribution < -0.4 is 9.64 Å². The predicted molar refractivity (Wildman–Crippen MR) is 281 cm³/mol. The Kier molecular flexibility index (Phi) is 8.02. The number of anilines is 3. The number of rotatable bonds is 3. The Morgan fingerprint density at radius 3 is 1.50 bits per heavy atom. The molecule has 1 heterocycles. The van der Waals surface area contributed by atoms with Gasteiger partial charge in [0.15, 0.2) is 5.75 Å². The molecule has 306 valence electrons. The summed E-state index contributed by atoms with van der Waals surface area (Å²) in [6, 6.07) is 86.8. The summed E-state index contributed by atoms with van der Waals surface area (Å²) in [6.07, 6.45) is 0. The molecular formula is C64H39NO. The SMILES string of the molecule is c1ccc(N(c2ccc3c(c2)c2ccccc2c2ccccc2c2ccccc2c2c3cc3ccc4cccc5ccc2c3c45)c2cccc3c2Oc2ccccc2-c2ccccc2-3)cc1. The first-order valence-electron chi connectivity index (χ1n) is 22.8. The number of hydrogen-bond acceptors (Lipinski definition) is 2. The molecule has 1 aliphatic rings. The van der Waals surface area contributed by atoms with Gasteiger partial charge in [-0.2, -0.15) is 0 Å². The van der Waals surface area contributed by atoms with Gasteiger partial charge in [-0.05, 0) is 140 Å². The topological polar surface area (TPSA) is 12.5 Å². The summed E-state index contributed by atoms with van der Waals surface area (Å²) in [7, 11) is 0. The number of ether oxygens (including phenoxy) is 1. The molecule has 14 rings (SSSR count). The second-order valence-corrected chi connectivity index (χ2v) is 17.5. The van der Waals surface area contributed by atoms with E-state index in [0.717, 1.165) is 56.2 Å². The van der Waals surface area contributed by atoms with Crippen LogP contribution in [0.1, 0.15) is 0 Å². The number of benzene rings is 12. The molecule has 0 fully saturated rings. The van der Waals surface area contributed by atoms with Gasteiger partial charge < -0.3 is 9.64 Å². The molecule has 0 bridgehead atoms. The zero-order chi connectivity index (χ0) is 43.3. The minimum absolute atomic E-state index is 0.819. The smallest absolute Gasteiger partial charge is 0.159 e. The van der Waals surface area contributed by atoms with E-state index in [1.54, 1.807) is 0 Å². The molecule has 2 nitrogen and oxygen atoms in total. The van der Waals surface area contributed by atoms with Crippen molar-refractivity contribution < 1.29 is 4.74 Å². The van der Waals surface area contributed by atoms with Crippen molar-refractivity contribution in [2.75, 3.05) is 4.90 Å². The van der Waals surface area contributed by atoms with E-state index in [-0.39, 0.29) is 0 Å². The summed E-state index contributed by atoms with van der Waals surface area (Å²) in [5.74, 6) is 1.66. The number of fused-ring (bicyclic) bond motifs is 16. The minimum atomic E-state index is 0.819. The quantitative estimate of drug-likeness (QED) is 0.164. The van der Waals surface area contributed by atoms with Gasteiger partial charge in [0, 0.05) is 22.5 Å². The van der Waals surface area contributed by atoms with Crippen molar-refractivity contribution in [2.24, 2.45) is 0 Å². The van der Waals surface area contributed by atoms with Crippen LogP contribution in [0.4, 0.5) is 17.1 Å². The highest BCUT2D eigenvalue weighted by Gasteiger charge is 2.27. The van der Waals surface area contributed by atoms with Crippen LogP contribution in [-0.4, -0.2) is 0 Å². The van der Waals surface area contributed by atoms with Crippen LogP contribution in [0.3, 0.4) is 0 Å². The highest BCUT2D eigenvalue weighted by atomic mass is 16.5. The lowest BCUT2D eigenvalue weighted by Crippen LogP contribution is -2.11. The standard InChI is InChI=1S/C64H39NO/c1-2-18-43(19-3-1)65(59-30-15-29-55-50-25-8-7-23-48(50)53-27-12-13-31-60(53)66-64(55)59)44-35-37-52-57(39-44)51-26-9-6-22-47(51)45-20-4-5-21-46(45)49-24-10-11-28-54(49)63-56-36-34-41-17-14-16-40-32-33-42(38-58(52)63)62(56)61(40)41/h1-39H. The van der Waals surface area contributed by atoms with Crippen molar-refractivity contribution in [1.29, 1.82) is 0 Å². The Bertz CT molecular complexity index is 4190. The Labute approximate surface area is 381 Å². The van der Waals surface area contributed by atoms with Crippen LogP contribution in [-0.2, 0) is 0 Å². The Balaban J connectivity index is 1.17.